The van der Waals surface area contributed by atoms with Crippen LogP contribution >= 0.6 is 0 Å². The molecule has 8 heteroatoms. The van der Waals surface area contributed by atoms with Crippen LogP contribution in [0.4, 0.5) is 0 Å². The Balaban J connectivity index is 1.74. The van der Waals surface area contributed by atoms with E-state index in [0.717, 1.165) is 0 Å². The van der Waals surface area contributed by atoms with Gasteiger partial charge >= 0.3 is 0 Å². The number of benzene rings is 2. The molecule has 6 N–H and O–H groups in total. The molecule has 1 aliphatic rings. The van der Waals surface area contributed by atoms with E-state index in [1.807, 2.05) is 12.2 Å². The standard InChI is InChI=1S/C21H20N6O2/c22-18(15-9-12(20(23)24)4-6-17(15)28)19-14-5-3-13(10-16(14)25-11-26-19)21(29)27-7-1-2-8-27/h1-6,9-11,18,28H,7-8,22H2,(H3,23,24). The van der Waals surface area contributed by atoms with E-state index < -0.39 is 6.04 Å². The molecule has 3 aromatic rings. The summed E-state index contributed by atoms with van der Waals surface area (Å²) >= 11 is 0. The molecule has 1 aromatic heterocycles. The van der Waals surface area contributed by atoms with E-state index in [-0.39, 0.29) is 17.5 Å². The Morgan fingerprint density at radius 2 is 1.83 bits per heavy atom. The van der Waals surface area contributed by atoms with Crippen LogP contribution in [0, 0.1) is 5.41 Å². The fourth-order valence-corrected chi connectivity index (χ4v) is 3.40. The number of phenols is 1. The number of phenolic OH excluding ortho intramolecular Hbond substituents is 1. The molecule has 4 rings (SSSR count). The molecule has 8 nitrogen and oxygen atoms in total. The third-order valence-corrected chi connectivity index (χ3v) is 4.99. The largest absolute Gasteiger partial charge is 0.508 e. The van der Waals surface area contributed by atoms with Crippen LogP contribution in [-0.2, 0) is 0 Å². The molecule has 2 aromatic carbocycles. The first kappa shape index (κ1) is 18.6. The van der Waals surface area contributed by atoms with Crippen LogP contribution < -0.4 is 11.5 Å². The second-order valence-electron chi connectivity index (χ2n) is 6.84. The van der Waals surface area contributed by atoms with Crippen LogP contribution in [0.2, 0.25) is 0 Å². The lowest BCUT2D eigenvalue weighted by Gasteiger charge is -2.17. The zero-order valence-corrected chi connectivity index (χ0v) is 15.5. The van der Waals surface area contributed by atoms with Crippen molar-refractivity contribution < 1.29 is 9.90 Å². The van der Waals surface area contributed by atoms with Gasteiger partial charge in [-0.25, -0.2) is 9.97 Å². The van der Waals surface area contributed by atoms with Crippen LogP contribution in [0.25, 0.3) is 10.9 Å². The van der Waals surface area contributed by atoms with Crippen molar-refractivity contribution in [2.24, 2.45) is 11.5 Å². The predicted molar refractivity (Wildman–Crippen MR) is 110 cm³/mol. The Morgan fingerprint density at radius 1 is 1.10 bits per heavy atom. The van der Waals surface area contributed by atoms with Gasteiger partial charge in [0.2, 0.25) is 0 Å². The molecule has 0 radical (unpaired) electrons. The number of nitrogens with two attached hydrogens (primary N) is 2. The maximum atomic E-state index is 12.6. The van der Waals surface area contributed by atoms with Gasteiger partial charge in [-0.1, -0.05) is 18.2 Å². The number of fused-ring (bicyclic) bond motifs is 1. The van der Waals surface area contributed by atoms with Crippen LogP contribution in [0.15, 0.2) is 54.9 Å². The number of rotatable bonds is 4. The molecule has 0 spiro atoms. The highest BCUT2D eigenvalue weighted by Gasteiger charge is 2.21. The number of aromatic hydroxyl groups is 1. The van der Waals surface area contributed by atoms with Gasteiger partial charge in [-0.05, 0) is 30.3 Å². The van der Waals surface area contributed by atoms with Crippen molar-refractivity contribution >= 4 is 22.6 Å². The Hall–Kier alpha value is -3.78. The minimum Gasteiger partial charge on any atom is -0.508 e. The maximum Gasteiger partial charge on any atom is 0.254 e. The van der Waals surface area contributed by atoms with E-state index in [1.165, 1.54) is 12.4 Å². The first-order chi connectivity index (χ1) is 14.0. The summed E-state index contributed by atoms with van der Waals surface area (Å²) in [6, 6.07) is 9.05. The monoisotopic (exact) mass is 388 g/mol. The average Bonchev–Trinajstić information content (AvgIpc) is 3.27. The van der Waals surface area contributed by atoms with Gasteiger partial charge < -0.3 is 21.5 Å². The topological polar surface area (TPSA) is 142 Å². The number of nitrogens with zero attached hydrogens (tertiary/aromatic N) is 3. The number of aromatic nitrogens is 2. The van der Waals surface area contributed by atoms with Crippen molar-refractivity contribution in [3.8, 4) is 5.75 Å². The zero-order valence-electron chi connectivity index (χ0n) is 15.5. The van der Waals surface area contributed by atoms with Gasteiger partial charge in [0.1, 0.15) is 17.9 Å². The van der Waals surface area contributed by atoms with Gasteiger partial charge in [-0.2, -0.15) is 0 Å². The number of hydrogen-bond acceptors (Lipinski definition) is 6. The predicted octanol–water partition coefficient (Wildman–Crippen LogP) is 1.68. The maximum absolute atomic E-state index is 12.6. The number of carbonyl (C=O) groups excluding carboxylic acids is 1. The molecule has 146 valence electrons. The lowest BCUT2D eigenvalue weighted by molar-refractivity contribution is 0.0800. The van der Waals surface area contributed by atoms with Gasteiger partial charge in [0.15, 0.2) is 0 Å². The van der Waals surface area contributed by atoms with Crippen LogP contribution in [0.1, 0.15) is 33.2 Å². The van der Waals surface area contributed by atoms with E-state index >= 15 is 0 Å². The number of amidine groups is 1. The van der Waals surface area contributed by atoms with Gasteiger partial charge in [0, 0.05) is 35.2 Å². The number of amides is 1. The molecule has 0 saturated heterocycles. The summed E-state index contributed by atoms with van der Waals surface area (Å²) in [7, 11) is 0. The summed E-state index contributed by atoms with van der Waals surface area (Å²) in [6.07, 6.45) is 5.30. The number of nitrogens with one attached hydrogen (secondary N) is 1. The fraction of sp³-hybridized carbons (Fsp3) is 0.143. The quantitative estimate of drug-likeness (QED) is 0.304. The van der Waals surface area contributed by atoms with Crippen LogP contribution in [-0.4, -0.2) is 44.8 Å². The highest BCUT2D eigenvalue weighted by molar-refractivity contribution is 5.98. The Morgan fingerprint density at radius 3 is 2.55 bits per heavy atom. The molecule has 0 saturated carbocycles. The van der Waals surface area contributed by atoms with Gasteiger partial charge in [0.05, 0.1) is 17.3 Å². The summed E-state index contributed by atoms with van der Waals surface area (Å²) < 4.78 is 0. The molecule has 2 heterocycles. The molecular weight excluding hydrogens is 368 g/mol. The Labute approximate surface area is 167 Å². The highest BCUT2D eigenvalue weighted by Crippen LogP contribution is 2.31. The third-order valence-electron chi connectivity index (χ3n) is 4.99. The van der Waals surface area contributed by atoms with Gasteiger partial charge in [-0.15, -0.1) is 0 Å². The van der Waals surface area contributed by atoms with E-state index in [0.29, 0.717) is 46.4 Å². The van der Waals surface area contributed by atoms with Gasteiger partial charge in [-0.3, -0.25) is 10.2 Å². The van der Waals surface area contributed by atoms with Crippen LogP contribution in [0.5, 0.6) is 5.75 Å². The summed E-state index contributed by atoms with van der Waals surface area (Å²) in [5.74, 6) is -0.193. The number of carbonyl (C=O) groups is 1. The molecule has 0 aliphatic carbocycles. The number of hydrogen-bond donors (Lipinski definition) is 4. The first-order valence-electron chi connectivity index (χ1n) is 9.07. The normalized spacial score (nSPS) is 14.3. The molecule has 0 fully saturated rings. The van der Waals surface area contributed by atoms with Crippen molar-refractivity contribution in [2.45, 2.75) is 6.04 Å². The van der Waals surface area contributed by atoms with Crippen molar-refractivity contribution in [1.29, 1.82) is 5.41 Å². The lowest BCUT2D eigenvalue weighted by atomic mass is 9.97. The summed E-state index contributed by atoms with van der Waals surface area (Å²) in [6.45, 7) is 1.20. The van der Waals surface area contributed by atoms with Crippen molar-refractivity contribution in [3.05, 3.63) is 77.3 Å². The Kier molecular flexibility index (Phi) is 4.69. The SMILES string of the molecule is N=C(N)c1ccc(O)c(C(N)c2ncnc3cc(C(=O)N4CC=CC4)ccc23)c1. The van der Waals surface area contributed by atoms with E-state index in [9.17, 15) is 9.90 Å². The average molecular weight is 388 g/mol. The minimum absolute atomic E-state index is 0.0115. The molecule has 1 amide bonds. The molecule has 0 bridgehead atoms. The second kappa shape index (κ2) is 7.33. The zero-order chi connectivity index (χ0) is 20.5. The van der Waals surface area contributed by atoms with E-state index in [2.05, 4.69) is 9.97 Å². The van der Waals surface area contributed by atoms with E-state index in [4.69, 9.17) is 16.9 Å². The molecule has 1 atom stereocenters. The summed E-state index contributed by atoms with van der Waals surface area (Å²) in [5, 5.41) is 18.6. The molecular formula is C21H20N6O2. The first-order valence-corrected chi connectivity index (χ1v) is 9.07. The number of nitrogen functional groups attached to an aromatic ring is 1. The smallest absolute Gasteiger partial charge is 0.254 e. The van der Waals surface area contributed by atoms with Crippen molar-refractivity contribution in [2.75, 3.05) is 13.1 Å². The summed E-state index contributed by atoms with van der Waals surface area (Å²) in [5.41, 5.74) is 14.5. The third kappa shape index (κ3) is 3.41. The molecule has 29 heavy (non-hydrogen) atoms. The summed E-state index contributed by atoms with van der Waals surface area (Å²) in [4.78, 5) is 23.0. The lowest BCUT2D eigenvalue weighted by Crippen LogP contribution is -2.28. The van der Waals surface area contributed by atoms with Crippen molar-refractivity contribution in [1.82, 2.24) is 14.9 Å². The fourth-order valence-electron chi connectivity index (χ4n) is 3.40. The van der Waals surface area contributed by atoms with Crippen molar-refractivity contribution in [3.63, 3.8) is 0 Å². The molecule has 1 aliphatic heterocycles. The Bertz CT molecular complexity index is 1150. The van der Waals surface area contributed by atoms with Gasteiger partial charge in [0.25, 0.3) is 5.91 Å². The van der Waals surface area contributed by atoms with Crippen LogP contribution in [0.3, 0.4) is 0 Å². The minimum atomic E-state index is -0.760. The molecule has 1 unspecified atom stereocenters. The van der Waals surface area contributed by atoms with E-state index in [1.54, 1.807) is 35.2 Å². The highest BCUT2D eigenvalue weighted by atomic mass is 16.3. The second-order valence-corrected chi connectivity index (χ2v) is 6.84.